The first-order valence-electron chi connectivity index (χ1n) is 5.40. The van der Waals surface area contributed by atoms with Crippen molar-refractivity contribution in [2.45, 2.75) is 45.3 Å². The molecule has 0 aromatic carbocycles. The van der Waals surface area contributed by atoms with Crippen molar-refractivity contribution in [1.82, 2.24) is 0 Å². The number of rotatable bonds is 2. The third-order valence-electron chi connectivity index (χ3n) is 3.36. The Morgan fingerprint density at radius 2 is 1.27 bits per heavy atom. The lowest BCUT2D eigenvalue weighted by atomic mass is 9.95. The summed E-state index contributed by atoms with van der Waals surface area (Å²) in [5.41, 5.74) is 0. The quantitative estimate of drug-likeness (QED) is 0.647. The number of hydrogen-bond acceptors (Lipinski definition) is 4. The molecule has 2 aliphatic carbocycles. The zero-order chi connectivity index (χ0) is 11.0. The van der Waals surface area contributed by atoms with Gasteiger partial charge in [0.05, 0.1) is 0 Å². The average Bonchev–Trinajstić information content (AvgIpc) is 2.60. The van der Waals surface area contributed by atoms with E-state index in [0.717, 1.165) is 19.3 Å². The van der Waals surface area contributed by atoms with Crippen LogP contribution in [-0.4, -0.2) is 24.1 Å². The Hall–Kier alpha value is -1.06. The molecule has 0 aromatic heterocycles. The van der Waals surface area contributed by atoms with E-state index in [-0.39, 0.29) is 24.1 Å². The second-order valence-electron chi connectivity index (χ2n) is 4.52. The van der Waals surface area contributed by atoms with Gasteiger partial charge in [-0.25, -0.2) is 0 Å². The Morgan fingerprint density at radius 1 is 0.867 bits per heavy atom. The smallest absolute Gasteiger partial charge is 0.302 e. The largest absolute Gasteiger partial charge is 0.462 e. The van der Waals surface area contributed by atoms with Crippen molar-refractivity contribution in [3.63, 3.8) is 0 Å². The molecule has 0 aromatic rings. The molecule has 0 spiro atoms. The summed E-state index contributed by atoms with van der Waals surface area (Å²) < 4.78 is 10.4. The highest BCUT2D eigenvalue weighted by Crippen LogP contribution is 2.47. The summed E-state index contributed by atoms with van der Waals surface area (Å²) in [6.07, 6.45) is 2.83. The fraction of sp³-hybridized carbons (Fsp3) is 0.818. The summed E-state index contributed by atoms with van der Waals surface area (Å²) in [5, 5.41) is 0. The molecule has 4 heteroatoms. The average molecular weight is 212 g/mol. The molecule has 0 N–H and O–H groups in total. The van der Waals surface area contributed by atoms with Crippen molar-refractivity contribution < 1.29 is 19.1 Å². The number of fused-ring (bicyclic) bond motifs is 2. The van der Waals surface area contributed by atoms with Gasteiger partial charge < -0.3 is 9.47 Å². The maximum atomic E-state index is 10.8. The zero-order valence-electron chi connectivity index (χ0n) is 9.06. The molecular formula is C11H16O4. The highest BCUT2D eigenvalue weighted by atomic mass is 16.6. The number of carbonyl (C=O) groups excluding carboxylic acids is 2. The normalized spacial score (nSPS) is 37.7. The minimum Gasteiger partial charge on any atom is -0.462 e. The second kappa shape index (κ2) is 3.83. The van der Waals surface area contributed by atoms with E-state index in [1.54, 1.807) is 0 Å². The summed E-state index contributed by atoms with van der Waals surface area (Å²) in [6, 6.07) is 0. The van der Waals surface area contributed by atoms with E-state index in [0.29, 0.717) is 11.8 Å². The fourth-order valence-corrected chi connectivity index (χ4v) is 2.89. The lowest BCUT2D eigenvalue weighted by molar-refractivity contribution is -0.156. The van der Waals surface area contributed by atoms with Crippen molar-refractivity contribution in [3.05, 3.63) is 0 Å². The van der Waals surface area contributed by atoms with E-state index in [1.165, 1.54) is 13.8 Å². The first-order chi connectivity index (χ1) is 7.06. The lowest BCUT2D eigenvalue weighted by Crippen LogP contribution is -2.31. The Morgan fingerprint density at radius 3 is 1.53 bits per heavy atom. The molecule has 2 fully saturated rings. The maximum absolute atomic E-state index is 10.8. The predicted octanol–water partition coefficient (Wildman–Crippen LogP) is 1.28. The zero-order valence-corrected chi connectivity index (χ0v) is 9.06. The topological polar surface area (TPSA) is 52.6 Å². The Bertz CT molecular complexity index is 258. The molecule has 0 radical (unpaired) electrons. The van der Waals surface area contributed by atoms with Crippen molar-refractivity contribution in [2.75, 3.05) is 0 Å². The van der Waals surface area contributed by atoms with E-state index in [2.05, 4.69) is 0 Å². The van der Waals surface area contributed by atoms with Gasteiger partial charge in [-0.15, -0.1) is 0 Å². The first-order valence-corrected chi connectivity index (χ1v) is 5.40. The van der Waals surface area contributed by atoms with Crippen LogP contribution < -0.4 is 0 Å². The molecule has 84 valence electrons. The maximum Gasteiger partial charge on any atom is 0.302 e. The molecule has 2 bridgehead atoms. The van der Waals surface area contributed by atoms with E-state index in [9.17, 15) is 9.59 Å². The van der Waals surface area contributed by atoms with Crippen LogP contribution in [0.25, 0.3) is 0 Å². The van der Waals surface area contributed by atoms with Crippen LogP contribution in [0.15, 0.2) is 0 Å². The van der Waals surface area contributed by atoms with Crippen LogP contribution in [0, 0.1) is 11.8 Å². The van der Waals surface area contributed by atoms with Crippen LogP contribution in [0.2, 0.25) is 0 Å². The van der Waals surface area contributed by atoms with E-state index < -0.39 is 0 Å². The van der Waals surface area contributed by atoms with E-state index >= 15 is 0 Å². The van der Waals surface area contributed by atoms with Gasteiger partial charge in [0, 0.05) is 13.8 Å². The summed E-state index contributed by atoms with van der Waals surface area (Å²) in [4.78, 5) is 21.7. The number of carbonyl (C=O) groups is 2. The summed E-state index contributed by atoms with van der Waals surface area (Å²) in [5.74, 6) is 0.361. The van der Waals surface area contributed by atoms with Gasteiger partial charge in [0.15, 0.2) is 0 Å². The number of ether oxygens (including phenoxy) is 2. The minimum atomic E-state index is -0.211. The molecule has 0 aliphatic heterocycles. The standard InChI is InChI=1S/C11H16O4/c1-6(12)14-10-4-9-3-8(10)5-11(9)15-7(2)13/h8-11H,3-5H2,1-2H3. The molecular weight excluding hydrogens is 196 g/mol. The molecule has 0 saturated heterocycles. The SMILES string of the molecule is CC(=O)OC1CC2CC1CC2OC(C)=O. The molecule has 0 amide bonds. The summed E-state index contributed by atoms with van der Waals surface area (Å²) in [6.45, 7) is 2.88. The van der Waals surface area contributed by atoms with Crippen molar-refractivity contribution in [3.8, 4) is 0 Å². The molecule has 4 unspecified atom stereocenters. The molecule has 2 rings (SSSR count). The molecule has 2 saturated carbocycles. The van der Waals surface area contributed by atoms with Crippen LogP contribution >= 0.6 is 0 Å². The van der Waals surface area contributed by atoms with Gasteiger partial charge in [-0.1, -0.05) is 0 Å². The monoisotopic (exact) mass is 212 g/mol. The van der Waals surface area contributed by atoms with Crippen LogP contribution in [0.5, 0.6) is 0 Å². The molecule has 4 nitrogen and oxygen atoms in total. The van der Waals surface area contributed by atoms with Gasteiger partial charge in [-0.2, -0.15) is 0 Å². The van der Waals surface area contributed by atoms with Crippen molar-refractivity contribution >= 4 is 11.9 Å². The van der Waals surface area contributed by atoms with Crippen LogP contribution in [0.4, 0.5) is 0 Å². The second-order valence-corrected chi connectivity index (χ2v) is 4.52. The van der Waals surface area contributed by atoms with Gasteiger partial charge in [-0.3, -0.25) is 9.59 Å². The van der Waals surface area contributed by atoms with E-state index in [1.807, 2.05) is 0 Å². The highest BCUT2D eigenvalue weighted by Gasteiger charge is 2.48. The Balaban J connectivity index is 1.88. The third kappa shape index (κ3) is 2.13. The summed E-state index contributed by atoms with van der Waals surface area (Å²) >= 11 is 0. The van der Waals surface area contributed by atoms with Gasteiger partial charge in [0.1, 0.15) is 12.2 Å². The fourth-order valence-electron chi connectivity index (χ4n) is 2.89. The van der Waals surface area contributed by atoms with Gasteiger partial charge in [0.25, 0.3) is 0 Å². The Labute approximate surface area is 88.9 Å². The molecule has 2 aliphatic rings. The van der Waals surface area contributed by atoms with Gasteiger partial charge in [0.2, 0.25) is 0 Å². The van der Waals surface area contributed by atoms with Crippen LogP contribution in [-0.2, 0) is 19.1 Å². The van der Waals surface area contributed by atoms with Crippen LogP contribution in [0.1, 0.15) is 33.1 Å². The van der Waals surface area contributed by atoms with Gasteiger partial charge >= 0.3 is 11.9 Å². The molecule has 4 atom stereocenters. The first kappa shape index (κ1) is 10.5. The number of esters is 2. The van der Waals surface area contributed by atoms with Crippen molar-refractivity contribution in [2.24, 2.45) is 11.8 Å². The number of hydrogen-bond donors (Lipinski definition) is 0. The lowest BCUT2D eigenvalue weighted by Gasteiger charge is -2.26. The van der Waals surface area contributed by atoms with E-state index in [4.69, 9.17) is 9.47 Å². The molecule has 0 heterocycles. The van der Waals surface area contributed by atoms with Crippen molar-refractivity contribution in [1.29, 1.82) is 0 Å². The highest BCUT2D eigenvalue weighted by molar-refractivity contribution is 5.66. The van der Waals surface area contributed by atoms with Crippen LogP contribution in [0.3, 0.4) is 0 Å². The summed E-state index contributed by atoms with van der Waals surface area (Å²) in [7, 11) is 0. The van der Waals surface area contributed by atoms with Gasteiger partial charge in [-0.05, 0) is 31.1 Å². The minimum absolute atomic E-state index is 0.0549. The predicted molar refractivity (Wildman–Crippen MR) is 51.9 cm³/mol. The molecule has 15 heavy (non-hydrogen) atoms. The third-order valence-corrected chi connectivity index (χ3v) is 3.36. The Kier molecular flexibility index (Phi) is 2.67.